The van der Waals surface area contributed by atoms with Crippen LogP contribution in [-0.2, 0) is 14.4 Å². The van der Waals surface area contributed by atoms with Crippen LogP contribution >= 0.6 is 0 Å². The van der Waals surface area contributed by atoms with Gasteiger partial charge in [-0.15, -0.1) is 0 Å². The second-order valence-corrected chi connectivity index (χ2v) is 2.55. The Labute approximate surface area is 65.4 Å². The Bertz CT molecular complexity index is 160. The third-order valence-electron chi connectivity index (χ3n) is 1.06. The molecule has 0 rings (SSSR count). The molecule has 11 heavy (non-hydrogen) atoms. The number of ether oxygens (including phenoxy) is 1. The molecule has 0 heterocycles. The standard InChI is InChI=1S/C7H12O4/c1-7(2,11-9)5-4-6(8)10-3/h4-5,9H,1-3H3/b5-4+. The Morgan fingerprint density at radius 3 is 2.45 bits per heavy atom. The second-order valence-electron chi connectivity index (χ2n) is 2.55. The zero-order valence-corrected chi connectivity index (χ0v) is 6.83. The monoisotopic (exact) mass is 160 g/mol. The first-order valence-electron chi connectivity index (χ1n) is 3.11. The summed E-state index contributed by atoms with van der Waals surface area (Å²) in [7, 11) is 1.28. The number of esters is 1. The maximum Gasteiger partial charge on any atom is 0.330 e. The van der Waals surface area contributed by atoms with E-state index in [-0.39, 0.29) is 0 Å². The number of rotatable bonds is 3. The molecule has 0 aromatic heterocycles. The van der Waals surface area contributed by atoms with Crippen molar-refractivity contribution in [3.05, 3.63) is 12.2 Å². The van der Waals surface area contributed by atoms with Gasteiger partial charge in [-0.25, -0.2) is 9.68 Å². The van der Waals surface area contributed by atoms with Crippen molar-refractivity contribution in [1.82, 2.24) is 0 Å². The largest absolute Gasteiger partial charge is 0.466 e. The molecule has 0 aliphatic rings. The maximum absolute atomic E-state index is 10.5. The van der Waals surface area contributed by atoms with Crippen molar-refractivity contribution in [3.8, 4) is 0 Å². The summed E-state index contributed by atoms with van der Waals surface area (Å²) >= 11 is 0. The molecule has 4 nitrogen and oxygen atoms in total. The van der Waals surface area contributed by atoms with E-state index in [2.05, 4.69) is 9.62 Å². The number of methoxy groups -OCH3 is 1. The van der Waals surface area contributed by atoms with E-state index < -0.39 is 11.6 Å². The van der Waals surface area contributed by atoms with Gasteiger partial charge in [-0.05, 0) is 19.9 Å². The lowest BCUT2D eigenvalue weighted by Crippen LogP contribution is -2.19. The molecule has 0 saturated carbocycles. The zero-order chi connectivity index (χ0) is 8.91. The van der Waals surface area contributed by atoms with Crippen molar-refractivity contribution in [2.24, 2.45) is 0 Å². The first-order chi connectivity index (χ1) is 5.02. The minimum Gasteiger partial charge on any atom is -0.466 e. The smallest absolute Gasteiger partial charge is 0.330 e. The highest BCUT2D eigenvalue weighted by atomic mass is 17.1. The molecule has 0 fully saturated rings. The highest BCUT2D eigenvalue weighted by Crippen LogP contribution is 2.08. The molecule has 0 saturated heterocycles. The van der Waals surface area contributed by atoms with Crippen LogP contribution in [0.1, 0.15) is 13.8 Å². The molecule has 0 aromatic rings. The predicted octanol–water partition coefficient (Wildman–Crippen LogP) is 0.984. The summed E-state index contributed by atoms with van der Waals surface area (Å²) in [4.78, 5) is 14.6. The van der Waals surface area contributed by atoms with Crippen molar-refractivity contribution in [2.45, 2.75) is 19.4 Å². The van der Waals surface area contributed by atoms with Crippen molar-refractivity contribution in [3.63, 3.8) is 0 Å². The summed E-state index contributed by atoms with van der Waals surface area (Å²) in [5.41, 5.74) is -0.853. The average molecular weight is 160 g/mol. The Kier molecular flexibility index (Phi) is 3.78. The number of carbonyl (C=O) groups is 1. The van der Waals surface area contributed by atoms with Crippen LogP contribution < -0.4 is 0 Å². The SMILES string of the molecule is COC(=O)/C=C/C(C)(C)OO. The summed E-state index contributed by atoms with van der Waals surface area (Å²) < 4.78 is 4.33. The first kappa shape index (κ1) is 10.1. The number of carbonyl (C=O) groups excluding carboxylic acids is 1. The minimum atomic E-state index is -0.853. The van der Waals surface area contributed by atoms with Gasteiger partial charge < -0.3 is 4.74 Å². The molecule has 0 atom stereocenters. The Morgan fingerprint density at radius 2 is 2.09 bits per heavy atom. The van der Waals surface area contributed by atoms with E-state index in [4.69, 9.17) is 5.26 Å². The van der Waals surface area contributed by atoms with Gasteiger partial charge in [0.1, 0.15) is 5.60 Å². The molecular formula is C7H12O4. The van der Waals surface area contributed by atoms with Crippen LogP contribution in [0.4, 0.5) is 0 Å². The van der Waals surface area contributed by atoms with E-state index in [9.17, 15) is 4.79 Å². The van der Waals surface area contributed by atoms with Gasteiger partial charge in [0.25, 0.3) is 0 Å². The molecular weight excluding hydrogens is 148 g/mol. The zero-order valence-electron chi connectivity index (χ0n) is 6.83. The normalized spacial score (nSPS) is 12.0. The first-order valence-corrected chi connectivity index (χ1v) is 3.11. The number of hydrogen-bond donors (Lipinski definition) is 1. The molecule has 1 N–H and O–H groups in total. The lowest BCUT2D eigenvalue weighted by molar-refractivity contribution is -0.297. The molecule has 0 spiro atoms. The van der Waals surface area contributed by atoms with E-state index in [1.807, 2.05) is 0 Å². The predicted molar refractivity (Wildman–Crippen MR) is 38.9 cm³/mol. The van der Waals surface area contributed by atoms with Gasteiger partial charge in [0.2, 0.25) is 0 Å². The van der Waals surface area contributed by atoms with Crippen molar-refractivity contribution >= 4 is 5.97 Å². The maximum atomic E-state index is 10.5. The molecule has 0 unspecified atom stereocenters. The average Bonchev–Trinajstić information content (AvgIpc) is 2.00. The van der Waals surface area contributed by atoms with Crippen molar-refractivity contribution < 1.29 is 19.7 Å². The highest BCUT2D eigenvalue weighted by Gasteiger charge is 2.13. The topological polar surface area (TPSA) is 55.8 Å². The Balaban J connectivity index is 4.01. The molecule has 0 aromatic carbocycles. The minimum absolute atomic E-state index is 0.477. The van der Waals surface area contributed by atoms with Gasteiger partial charge in [-0.2, -0.15) is 0 Å². The van der Waals surface area contributed by atoms with Gasteiger partial charge >= 0.3 is 5.97 Å². The Morgan fingerprint density at radius 1 is 1.55 bits per heavy atom. The molecule has 0 aliphatic carbocycles. The summed E-state index contributed by atoms with van der Waals surface area (Å²) in [6.07, 6.45) is 2.59. The van der Waals surface area contributed by atoms with E-state index in [0.717, 1.165) is 0 Å². The molecule has 0 aliphatic heterocycles. The van der Waals surface area contributed by atoms with Gasteiger partial charge in [0.05, 0.1) is 7.11 Å². The van der Waals surface area contributed by atoms with Crippen LogP contribution in [0.2, 0.25) is 0 Å². The van der Waals surface area contributed by atoms with Crippen LogP contribution in [0, 0.1) is 0 Å². The lowest BCUT2D eigenvalue weighted by atomic mass is 10.1. The quantitative estimate of drug-likeness (QED) is 0.289. The van der Waals surface area contributed by atoms with E-state index in [1.165, 1.54) is 19.3 Å². The van der Waals surface area contributed by atoms with Crippen LogP contribution in [0.3, 0.4) is 0 Å². The molecule has 4 heteroatoms. The molecule has 0 bridgehead atoms. The third-order valence-corrected chi connectivity index (χ3v) is 1.06. The van der Waals surface area contributed by atoms with E-state index >= 15 is 0 Å². The highest BCUT2D eigenvalue weighted by molar-refractivity contribution is 5.81. The van der Waals surface area contributed by atoms with Gasteiger partial charge in [0, 0.05) is 6.08 Å². The van der Waals surface area contributed by atoms with E-state index in [1.54, 1.807) is 13.8 Å². The van der Waals surface area contributed by atoms with Crippen molar-refractivity contribution in [1.29, 1.82) is 0 Å². The summed E-state index contributed by atoms with van der Waals surface area (Å²) in [5, 5.41) is 8.28. The van der Waals surface area contributed by atoms with Gasteiger partial charge in [-0.1, -0.05) is 0 Å². The summed E-state index contributed by atoms with van der Waals surface area (Å²) in [6.45, 7) is 3.21. The van der Waals surface area contributed by atoms with Gasteiger partial charge in [-0.3, -0.25) is 5.26 Å². The second kappa shape index (κ2) is 4.10. The van der Waals surface area contributed by atoms with Crippen molar-refractivity contribution in [2.75, 3.05) is 7.11 Å². The van der Waals surface area contributed by atoms with Crippen LogP contribution in [0.25, 0.3) is 0 Å². The fourth-order valence-electron chi connectivity index (χ4n) is 0.367. The Hall–Kier alpha value is -0.870. The van der Waals surface area contributed by atoms with Crippen LogP contribution in [0.5, 0.6) is 0 Å². The number of hydrogen-bond acceptors (Lipinski definition) is 4. The van der Waals surface area contributed by atoms with Crippen LogP contribution in [0.15, 0.2) is 12.2 Å². The van der Waals surface area contributed by atoms with Crippen LogP contribution in [-0.4, -0.2) is 23.9 Å². The van der Waals surface area contributed by atoms with Gasteiger partial charge in [0.15, 0.2) is 0 Å². The molecule has 0 radical (unpaired) electrons. The van der Waals surface area contributed by atoms with E-state index in [0.29, 0.717) is 0 Å². The molecule has 64 valence electrons. The molecule has 0 amide bonds. The lowest BCUT2D eigenvalue weighted by Gasteiger charge is -2.13. The fraction of sp³-hybridized carbons (Fsp3) is 0.571. The summed E-state index contributed by atoms with van der Waals surface area (Å²) in [5.74, 6) is -0.477. The fourth-order valence-corrected chi connectivity index (χ4v) is 0.367. The third kappa shape index (κ3) is 4.52. The summed E-state index contributed by atoms with van der Waals surface area (Å²) in [6, 6.07) is 0.